The van der Waals surface area contributed by atoms with Gasteiger partial charge in [-0.3, -0.25) is 0 Å². The summed E-state index contributed by atoms with van der Waals surface area (Å²) in [6, 6.07) is 0. The molecule has 0 heterocycles. The molecule has 0 saturated carbocycles. The van der Waals surface area contributed by atoms with Crippen LogP contribution in [0.3, 0.4) is 0 Å². The number of rotatable bonds is 9. The zero-order chi connectivity index (χ0) is 10.9. The molecule has 0 rings (SSSR count). The Morgan fingerprint density at radius 2 is 1.36 bits per heavy atom. The fourth-order valence-electron chi connectivity index (χ4n) is 1.32. The van der Waals surface area contributed by atoms with Crippen molar-refractivity contribution >= 4 is 0 Å². The van der Waals surface area contributed by atoms with Crippen molar-refractivity contribution in [1.82, 2.24) is 0 Å². The average Bonchev–Trinajstić information content (AvgIpc) is 2.21. The summed E-state index contributed by atoms with van der Waals surface area (Å²) in [6.07, 6.45) is 5.47. The lowest BCUT2D eigenvalue weighted by atomic mass is 10.1. The molecule has 0 spiro atoms. The molecule has 0 aliphatic carbocycles. The van der Waals surface area contributed by atoms with E-state index in [0.29, 0.717) is 0 Å². The predicted octanol–water partition coefficient (Wildman–Crippen LogP) is 3.75. The number of hydrogen-bond donors (Lipinski definition) is 0. The molecule has 14 heavy (non-hydrogen) atoms. The van der Waals surface area contributed by atoms with Gasteiger partial charge in [0.1, 0.15) is 0 Å². The summed E-state index contributed by atoms with van der Waals surface area (Å²) < 4.78 is 11.5. The number of unbranched alkanes of at least 4 members (excludes halogenated alkanes) is 1. The molecule has 0 N–H and O–H groups in total. The van der Waals surface area contributed by atoms with Crippen molar-refractivity contribution in [3.8, 4) is 0 Å². The Kier molecular flexibility index (Phi) is 8.20. The summed E-state index contributed by atoms with van der Waals surface area (Å²) >= 11 is 0. The van der Waals surface area contributed by atoms with Crippen molar-refractivity contribution in [3.63, 3.8) is 0 Å². The minimum Gasteiger partial charge on any atom is -0.350 e. The van der Waals surface area contributed by atoms with E-state index in [2.05, 4.69) is 27.7 Å². The van der Waals surface area contributed by atoms with Gasteiger partial charge in [-0.15, -0.1) is 0 Å². The largest absolute Gasteiger partial charge is 0.350 e. The Morgan fingerprint density at radius 1 is 0.857 bits per heavy atom. The molecule has 0 aromatic heterocycles. The molecule has 0 bridgehead atoms. The zero-order valence-electron chi connectivity index (χ0n) is 10.3. The van der Waals surface area contributed by atoms with Crippen LogP contribution in [0, 0.1) is 0 Å². The quantitative estimate of drug-likeness (QED) is 0.530. The first-order chi connectivity index (χ1) is 6.68. The van der Waals surface area contributed by atoms with E-state index in [0.717, 1.165) is 32.5 Å². The molecule has 0 aromatic carbocycles. The molecule has 2 heteroatoms. The molecule has 0 unspecified atom stereocenters. The van der Waals surface area contributed by atoms with Crippen LogP contribution in [0.4, 0.5) is 0 Å². The summed E-state index contributed by atoms with van der Waals surface area (Å²) in [6.45, 7) is 10.1. The highest BCUT2D eigenvalue weighted by molar-refractivity contribution is 4.63. The summed E-state index contributed by atoms with van der Waals surface area (Å²) in [7, 11) is 0. The predicted molar refractivity (Wildman–Crippen MR) is 60.4 cm³/mol. The lowest BCUT2D eigenvalue weighted by Crippen LogP contribution is -2.33. The average molecular weight is 202 g/mol. The minimum absolute atomic E-state index is 0.345. The van der Waals surface area contributed by atoms with Crippen molar-refractivity contribution in [2.45, 2.75) is 65.6 Å². The van der Waals surface area contributed by atoms with Crippen molar-refractivity contribution in [3.05, 3.63) is 0 Å². The maximum absolute atomic E-state index is 5.76. The maximum Gasteiger partial charge on any atom is 0.165 e. The van der Waals surface area contributed by atoms with E-state index < -0.39 is 0 Å². The van der Waals surface area contributed by atoms with Crippen molar-refractivity contribution in [2.75, 3.05) is 13.2 Å². The van der Waals surface area contributed by atoms with Gasteiger partial charge in [0.05, 0.1) is 0 Å². The molecule has 0 aliphatic rings. The highest BCUT2D eigenvalue weighted by Gasteiger charge is 2.24. The van der Waals surface area contributed by atoms with E-state index >= 15 is 0 Å². The van der Waals surface area contributed by atoms with Gasteiger partial charge < -0.3 is 9.47 Å². The van der Waals surface area contributed by atoms with E-state index in [4.69, 9.17) is 9.47 Å². The monoisotopic (exact) mass is 202 g/mol. The van der Waals surface area contributed by atoms with Crippen LogP contribution in [0.25, 0.3) is 0 Å². The first-order valence-electron chi connectivity index (χ1n) is 5.96. The molecule has 86 valence electrons. The molecule has 0 atom stereocenters. The summed E-state index contributed by atoms with van der Waals surface area (Å²) in [5.41, 5.74) is 0. The van der Waals surface area contributed by atoms with Crippen molar-refractivity contribution in [2.24, 2.45) is 0 Å². The summed E-state index contributed by atoms with van der Waals surface area (Å²) in [5, 5.41) is 0. The SMILES string of the molecule is CCCCC(C)(OCCC)OCCC. The van der Waals surface area contributed by atoms with Crippen LogP contribution in [-0.4, -0.2) is 19.0 Å². The van der Waals surface area contributed by atoms with E-state index in [-0.39, 0.29) is 5.79 Å². The van der Waals surface area contributed by atoms with Crippen LogP contribution in [0.5, 0.6) is 0 Å². The van der Waals surface area contributed by atoms with Crippen LogP contribution in [0.2, 0.25) is 0 Å². The van der Waals surface area contributed by atoms with E-state index in [9.17, 15) is 0 Å². The number of ether oxygens (including phenoxy) is 2. The third-order valence-corrected chi connectivity index (χ3v) is 2.21. The van der Waals surface area contributed by atoms with E-state index in [1.807, 2.05) is 0 Å². The minimum atomic E-state index is -0.345. The molecular formula is C12H26O2. The second-order valence-corrected chi connectivity index (χ2v) is 3.93. The summed E-state index contributed by atoms with van der Waals surface area (Å²) in [5.74, 6) is -0.345. The molecule has 0 aliphatic heterocycles. The van der Waals surface area contributed by atoms with E-state index in [1.165, 1.54) is 12.8 Å². The van der Waals surface area contributed by atoms with Gasteiger partial charge in [-0.1, -0.05) is 27.2 Å². The van der Waals surface area contributed by atoms with Crippen LogP contribution in [0.1, 0.15) is 59.8 Å². The van der Waals surface area contributed by atoms with Crippen LogP contribution < -0.4 is 0 Å². The van der Waals surface area contributed by atoms with E-state index in [1.54, 1.807) is 0 Å². The van der Waals surface area contributed by atoms with Gasteiger partial charge in [0.15, 0.2) is 5.79 Å². The van der Waals surface area contributed by atoms with Crippen LogP contribution >= 0.6 is 0 Å². The highest BCUT2D eigenvalue weighted by Crippen LogP contribution is 2.21. The number of hydrogen-bond acceptors (Lipinski definition) is 2. The smallest absolute Gasteiger partial charge is 0.165 e. The van der Waals surface area contributed by atoms with Gasteiger partial charge >= 0.3 is 0 Å². The topological polar surface area (TPSA) is 18.5 Å². The maximum atomic E-state index is 5.76. The molecule has 0 aromatic rings. The van der Waals surface area contributed by atoms with Gasteiger partial charge in [0.2, 0.25) is 0 Å². The zero-order valence-corrected chi connectivity index (χ0v) is 10.3. The fourth-order valence-corrected chi connectivity index (χ4v) is 1.32. The van der Waals surface area contributed by atoms with Crippen molar-refractivity contribution < 1.29 is 9.47 Å². The first kappa shape index (κ1) is 13.9. The molecule has 0 amide bonds. The first-order valence-corrected chi connectivity index (χ1v) is 5.96. The molecule has 0 radical (unpaired) electrons. The second-order valence-electron chi connectivity index (χ2n) is 3.93. The Bertz CT molecular complexity index is 102. The lowest BCUT2D eigenvalue weighted by molar-refractivity contribution is -0.229. The standard InChI is InChI=1S/C12H26O2/c1-5-8-9-12(4,13-10-6-2)14-11-7-3/h5-11H2,1-4H3. The van der Waals surface area contributed by atoms with Gasteiger partial charge in [-0.25, -0.2) is 0 Å². The third-order valence-electron chi connectivity index (χ3n) is 2.21. The van der Waals surface area contributed by atoms with Gasteiger partial charge in [0, 0.05) is 19.6 Å². The Morgan fingerprint density at radius 3 is 1.71 bits per heavy atom. The lowest BCUT2D eigenvalue weighted by Gasteiger charge is -2.30. The van der Waals surface area contributed by atoms with Gasteiger partial charge in [0.25, 0.3) is 0 Å². The Hall–Kier alpha value is -0.0800. The Balaban J connectivity index is 3.89. The van der Waals surface area contributed by atoms with Gasteiger partial charge in [-0.2, -0.15) is 0 Å². The molecule has 2 nitrogen and oxygen atoms in total. The van der Waals surface area contributed by atoms with Crippen LogP contribution in [-0.2, 0) is 9.47 Å². The highest BCUT2D eigenvalue weighted by atomic mass is 16.7. The second kappa shape index (κ2) is 8.25. The normalized spacial score (nSPS) is 12.0. The van der Waals surface area contributed by atoms with Crippen LogP contribution in [0.15, 0.2) is 0 Å². The third kappa shape index (κ3) is 6.39. The molecular weight excluding hydrogens is 176 g/mol. The van der Waals surface area contributed by atoms with Crippen molar-refractivity contribution in [1.29, 1.82) is 0 Å². The fraction of sp³-hybridized carbons (Fsp3) is 1.00. The Labute approximate surface area is 89.0 Å². The van der Waals surface area contributed by atoms with Gasteiger partial charge in [-0.05, 0) is 26.2 Å². The summed E-state index contributed by atoms with van der Waals surface area (Å²) in [4.78, 5) is 0. The molecule has 0 fully saturated rings. The molecule has 0 saturated heterocycles.